The Balaban J connectivity index is 0.000000668. The van der Waals surface area contributed by atoms with Crippen molar-refractivity contribution in [3.05, 3.63) is 101 Å². The number of rotatable bonds is 5. The molecule has 0 bridgehead atoms. The monoisotopic (exact) mass is 429 g/mol. The summed E-state index contributed by atoms with van der Waals surface area (Å²) in [6.45, 7) is 4.60. The van der Waals surface area contributed by atoms with Gasteiger partial charge in [-0.25, -0.2) is 0 Å². The summed E-state index contributed by atoms with van der Waals surface area (Å²) in [5.41, 5.74) is 5.91. The third kappa shape index (κ3) is 6.81. The first kappa shape index (κ1) is 23.8. The molecule has 0 amide bonds. The Morgan fingerprint density at radius 3 is 2.16 bits per heavy atom. The molecular weight excluding hydrogens is 394 g/mol. The summed E-state index contributed by atoms with van der Waals surface area (Å²) in [6, 6.07) is 26.9. The van der Waals surface area contributed by atoms with Crippen LogP contribution < -0.4 is 0 Å². The Labute approximate surface area is 192 Å². The first-order valence-corrected chi connectivity index (χ1v) is 11.6. The maximum Gasteiger partial charge on any atom is 0.116 e. The zero-order valence-electron chi connectivity index (χ0n) is 19.2. The second-order valence-corrected chi connectivity index (χ2v) is 8.44. The molecule has 3 aromatic rings. The number of likely N-dealkylation sites (tertiary alicyclic amines) is 1. The molecule has 1 aliphatic rings. The van der Waals surface area contributed by atoms with Crippen LogP contribution in [0, 0.1) is 0 Å². The van der Waals surface area contributed by atoms with Gasteiger partial charge in [0.05, 0.1) is 0 Å². The molecule has 3 aromatic carbocycles. The molecular formula is C29H35NO2. The number of aliphatic hydroxyl groups excluding tert-OH is 1. The van der Waals surface area contributed by atoms with E-state index >= 15 is 0 Å². The van der Waals surface area contributed by atoms with Gasteiger partial charge in [-0.15, -0.1) is 0 Å². The predicted octanol–water partition coefficient (Wildman–Crippen LogP) is 6.18. The largest absolute Gasteiger partial charge is 0.508 e. The van der Waals surface area contributed by atoms with Crippen LogP contribution in [0.2, 0.25) is 0 Å². The summed E-state index contributed by atoms with van der Waals surface area (Å²) in [7, 11) is 2.20. The molecule has 0 aromatic heterocycles. The van der Waals surface area contributed by atoms with Gasteiger partial charge in [-0.2, -0.15) is 0 Å². The molecule has 4 rings (SSSR count). The Morgan fingerprint density at radius 1 is 0.906 bits per heavy atom. The summed E-state index contributed by atoms with van der Waals surface area (Å²) in [5.74, 6) is 0.951. The van der Waals surface area contributed by atoms with E-state index in [1.165, 1.54) is 37.1 Å². The number of aliphatic hydroxyl groups is 1. The van der Waals surface area contributed by atoms with Gasteiger partial charge in [-0.05, 0) is 91.4 Å². The van der Waals surface area contributed by atoms with Gasteiger partial charge in [0.1, 0.15) is 5.75 Å². The fraction of sp³-hybridized carbons (Fsp3) is 0.310. The Hall–Kier alpha value is -2.88. The maximum atomic E-state index is 9.98. The minimum atomic E-state index is 0.291. The van der Waals surface area contributed by atoms with Crippen LogP contribution in [0.3, 0.4) is 0 Å². The molecule has 32 heavy (non-hydrogen) atoms. The predicted molar refractivity (Wildman–Crippen MR) is 135 cm³/mol. The molecule has 0 spiro atoms. The SMILES string of the molecule is CCCO.CN1CCC(c2ccc(/C(=C\c3ccccc3)c3cccc(O)c3)cc2)CC1. The van der Waals surface area contributed by atoms with Gasteiger partial charge in [0, 0.05) is 6.61 Å². The van der Waals surface area contributed by atoms with E-state index in [1.54, 1.807) is 6.07 Å². The summed E-state index contributed by atoms with van der Waals surface area (Å²) in [4.78, 5) is 2.41. The molecule has 0 radical (unpaired) electrons. The highest BCUT2D eigenvalue weighted by molar-refractivity contribution is 5.91. The second kappa shape index (κ2) is 12.2. The van der Waals surface area contributed by atoms with Gasteiger partial charge in [-0.1, -0.05) is 73.7 Å². The lowest BCUT2D eigenvalue weighted by Gasteiger charge is -2.29. The van der Waals surface area contributed by atoms with Crippen molar-refractivity contribution >= 4 is 11.6 Å². The molecule has 0 unspecified atom stereocenters. The highest BCUT2D eigenvalue weighted by atomic mass is 16.3. The Morgan fingerprint density at radius 2 is 1.56 bits per heavy atom. The molecule has 1 fully saturated rings. The van der Waals surface area contributed by atoms with Crippen molar-refractivity contribution in [3.8, 4) is 5.75 Å². The van der Waals surface area contributed by atoms with Crippen LogP contribution in [0.4, 0.5) is 0 Å². The molecule has 1 aliphatic heterocycles. The number of piperidine rings is 1. The number of hydrogen-bond donors (Lipinski definition) is 2. The van der Waals surface area contributed by atoms with E-state index in [9.17, 15) is 5.11 Å². The van der Waals surface area contributed by atoms with Crippen LogP contribution in [-0.2, 0) is 0 Å². The summed E-state index contributed by atoms with van der Waals surface area (Å²) in [6.07, 6.45) is 5.53. The van der Waals surface area contributed by atoms with E-state index in [0.717, 1.165) is 23.1 Å². The van der Waals surface area contributed by atoms with Crippen LogP contribution in [0.25, 0.3) is 11.6 Å². The molecule has 0 saturated carbocycles. The van der Waals surface area contributed by atoms with Crippen molar-refractivity contribution in [2.24, 2.45) is 0 Å². The van der Waals surface area contributed by atoms with E-state index in [-0.39, 0.29) is 0 Å². The molecule has 1 heterocycles. The molecule has 168 valence electrons. The molecule has 3 nitrogen and oxygen atoms in total. The summed E-state index contributed by atoms with van der Waals surface area (Å²) in [5, 5.41) is 17.9. The fourth-order valence-electron chi connectivity index (χ4n) is 4.00. The van der Waals surface area contributed by atoms with Crippen LogP contribution in [0.15, 0.2) is 78.9 Å². The maximum absolute atomic E-state index is 9.98. The summed E-state index contributed by atoms with van der Waals surface area (Å²) >= 11 is 0. The van der Waals surface area contributed by atoms with Crippen LogP contribution in [0.5, 0.6) is 5.75 Å². The van der Waals surface area contributed by atoms with Gasteiger partial charge in [0.25, 0.3) is 0 Å². The standard InChI is InChI=1S/C26H27NO.C3H8O/c1-27-16-14-22(15-17-27)21-10-12-23(13-11-21)26(18-20-6-3-2-4-7-20)24-8-5-9-25(28)19-24;1-2-3-4/h2-13,18-19,22,28H,14-17H2,1H3;4H,2-3H2,1H3/b26-18+;. The van der Waals surface area contributed by atoms with Gasteiger partial charge in [0.15, 0.2) is 0 Å². The molecule has 2 N–H and O–H groups in total. The number of phenols is 1. The minimum absolute atomic E-state index is 0.291. The normalized spacial score (nSPS) is 15.2. The average Bonchev–Trinajstić information content (AvgIpc) is 2.84. The lowest BCUT2D eigenvalue weighted by Crippen LogP contribution is -2.29. The number of phenolic OH excluding ortho intramolecular Hbond substituents is 1. The van der Waals surface area contributed by atoms with Gasteiger partial charge in [0.2, 0.25) is 0 Å². The molecule has 1 saturated heterocycles. The number of benzene rings is 3. The Kier molecular flexibility index (Phi) is 9.09. The van der Waals surface area contributed by atoms with E-state index in [2.05, 4.69) is 72.6 Å². The summed E-state index contributed by atoms with van der Waals surface area (Å²) < 4.78 is 0. The van der Waals surface area contributed by atoms with E-state index in [4.69, 9.17) is 5.11 Å². The number of nitrogens with zero attached hydrogens (tertiary/aromatic N) is 1. The van der Waals surface area contributed by atoms with Crippen LogP contribution in [0.1, 0.15) is 54.4 Å². The zero-order valence-corrected chi connectivity index (χ0v) is 19.2. The third-order valence-electron chi connectivity index (χ3n) is 5.90. The number of aromatic hydroxyl groups is 1. The van der Waals surface area contributed by atoms with Crippen molar-refractivity contribution in [3.63, 3.8) is 0 Å². The van der Waals surface area contributed by atoms with Gasteiger partial charge >= 0.3 is 0 Å². The van der Waals surface area contributed by atoms with Crippen LogP contribution >= 0.6 is 0 Å². The second-order valence-electron chi connectivity index (χ2n) is 8.44. The van der Waals surface area contributed by atoms with E-state index in [1.807, 2.05) is 25.1 Å². The average molecular weight is 430 g/mol. The first-order valence-electron chi connectivity index (χ1n) is 11.6. The van der Waals surface area contributed by atoms with Crippen molar-refractivity contribution in [1.82, 2.24) is 4.90 Å². The molecule has 0 atom stereocenters. The topological polar surface area (TPSA) is 43.7 Å². The molecule has 3 heteroatoms. The van der Waals surface area contributed by atoms with Gasteiger partial charge in [-0.3, -0.25) is 0 Å². The zero-order chi connectivity index (χ0) is 22.8. The third-order valence-corrected chi connectivity index (χ3v) is 5.90. The number of hydrogen-bond acceptors (Lipinski definition) is 3. The highest BCUT2D eigenvalue weighted by Crippen LogP contribution is 2.32. The quantitative estimate of drug-likeness (QED) is 0.476. The lowest BCUT2D eigenvalue weighted by atomic mass is 9.87. The van der Waals surface area contributed by atoms with Crippen LogP contribution in [-0.4, -0.2) is 41.9 Å². The van der Waals surface area contributed by atoms with E-state index < -0.39 is 0 Å². The van der Waals surface area contributed by atoms with Crippen molar-refractivity contribution < 1.29 is 10.2 Å². The fourth-order valence-corrected chi connectivity index (χ4v) is 4.00. The van der Waals surface area contributed by atoms with E-state index in [0.29, 0.717) is 18.3 Å². The minimum Gasteiger partial charge on any atom is -0.508 e. The van der Waals surface area contributed by atoms with Crippen molar-refractivity contribution in [2.45, 2.75) is 32.1 Å². The van der Waals surface area contributed by atoms with Crippen molar-refractivity contribution in [2.75, 3.05) is 26.7 Å². The van der Waals surface area contributed by atoms with Crippen molar-refractivity contribution in [1.29, 1.82) is 0 Å². The van der Waals surface area contributed by atoms with Gasteiger partial charge < -0.3 is 15.1 Å². The molecule has 0 aliphatic carbocycles. The smallest absolute Gasteiger partial charge is 0.116 e. The first-order chi connectivity index (χ1) is 15.6. The highest BCUT2D eigenvalue weighted by Gasteiger charge is 2.18. The Bertz CT molecular complexity index is 970. The lowest BCUT2D eigenvalue weighted by molar-refractivity contribution is 0.255.